The number of aryl methyl sites for hydroxylation is 2. The van der Waals surface area contributed by atoms with Crippen molar-refractivity contribution in [2.45, 2.75) is 13.8 Å². The van der Waals surface area contributed by atoms with Gasteiger partial charge in [-0.2, -0.15) is 0 Å². The monoisotopic (exact) mass is 218 g/mol. The predicted octanol–water partition coefficient (Wildman–Crippen LogP) is 3.27. The molecule has 0 unspecified atom stereocenters. The minimum atomic E-state index is -0.410. The van der Waals surface area contributed by atoms with E-state index in [1.54, 1.807) is 26.0 Å². The first-order valence-electron chi connectivity index (χ1n) is 4.94. The van der Waals surface area contributed by atoms with Crippen LogP contribution in [0.3, 0.4) is 0 Å². The van der Waals surface area contributed by atoms with E-state index in [0.29, 0.717) is 11.1 Å². The minimum absolute atomic E-state index is 0.269. The molecule has 2 rings (SSSR count). The molecule has 0 radical (unpaired) electrons. The molecule has 1 aromatic heterocycles. The minimum Gasteiger partial charge on any atom is -0.461 e. The third-order valence-corrected chi connectivity index (χ3v) is 2.37. The molecule has 1 aromatic carbocycles. The predicted molar refractivity (Wildman–Crippen MR) is 58.0 cm³/mol. The van der Waals surface area contributed by atoms with Crippen LogP contribution in [0.5, 0.6) is 0 Å². The van der Waals surface area contributed by atoms with Gasteiger partial charge in [-0.05, 0) is 49.2 Å². The Morgan fingerprint density at radius 1 is 1.25 bits per heavy atom. The van der Waals surface area contributed by atoms with Gasteiger partial charge in [0.15, 0.2) is 5.76 Å². The zero-order valence-electron chi connectivity index (χ0n) is 9.08. The third kappa shape index (κ3) is 1.89. The maximum atomic E-state index is 13.1. The van der Waals surface area contributed by atoms with Crippen LogP contribution in [0.2, 0.25) is 0 Å². The van der Waals surface area contributed by atoms with Crippen molar-refractivity contribution in [2.75, 3.05) is 0 Å². The number of ketones is 1. The van der Waals surface area contributed by atoms with Crippen molar-refractivity contribution in [2.24, 2.45) is 0 Å². The molecule has 16 heavy (non-hydrogen) atoms. The van der Waals surface area contributed by atoms with E-state index in [1.807, 2.05) is 0 Å². The highest BCUT2D eigenvalue weighted by molar-refractivity contribution is 6.08. The molecule has 2 nitrogen and oxygen atoms in total. The number of halogens is 1. The van der Waals surface area contributed by atoms with Gasteiger partial charge in [0.25, 0.3) is 0 Å². The first-order valence-corrected chi connectivity index (χ1v) is 4.94. The fourth-order valence-electron chi connectivity index (χ4n) is 1.60. The van der Waals surface area contributed by atoms with Gasteiger partial charge in [0, 0.05) is 5.56 Å². The molecular weight excluding hydrogens is 207 g/mol. The third-order valence-electron chi connectivity index (χ3n) is 2.37. The normalized spacial score (nSPS) is 10.4. The molecule has 0 saturated carbocycles. The van der Waals surface area contributed by atoms with Gasteiger partial charge in [-0.3, -0.25) is 4.79 Å². The lowest BCUT2D eigenvalue weighted by molar-refractivity contribution is 0.101. The van der Waals surface area contributed by atoms with Gasteiger partial charge in [-0.15, -0.1) is 0 Å². The van der Waals surface area contributed by atoms with Crippen LogP contribution in [-0.4, -0.2) is 5.78 Å². The summed E-state index contributed by atoms with van der Waals surface area (Å²) >= 11 is 0. The van der Waals surface area contributed by atoms with Crippen molar-refractivity contribution in [3.05, 3.63) is 58.8 Å². The number of carbonyl (C=O) groups excluding carboxylic acids is 1. The van der Waals surface area contributed by atoms with Gasteiger partial charge in [0.05, 0.1) is 6.26 Å². The summed E-state index contributed by atoms with van der Waals surface area (Å²) < 4.78 is 18.2. The van der Waals surface area contributed by atoms with E-state index in [2.05, 4.69) is 0 Å². The standard InChI is InChI=1S/C13H11FO2/c1-8-5-10(7-11(14)6-8)12(15)13-9(2)3-4-16-13/h3-7H,1-2H3. The lowest BCUT2D eigenvalue weighted by atomic mass is 10.0. The molecule has 0 bridgehead atoms. The Morgan fingerprint density at radius 3 is 2.56 bits per heavy atom. The van der Waals surface area contributed by atoms with Gasteiger partial charge < -0.3 is 4.42 Å². The Labute approximate surface area is 92.7 Å². The summed E-state index contributed by atoms with van der Waals surface area (Å²) in [6, 6.07) is 5.95. The molecule has 0 atom stereocenters. The molecule has 0 aliphatic heterocycles. The van der Waals surface area contributed by atoms with Crippen molar-refractivity contribution < 1.29 is 13.6 Å². The number of benzene rings is 1. The van der Waals surface area contributed by atoms with Crippen molar-refractivity contribution in [3.63, 3.8) is 0 Å². The highest BCUT2D eigenvalue weighted by atomic mass is 19.1. The molecule has 3 heteroatoms. The van der Waals surface area contributed by atoms with E-state index >= 15 is 0 Å². The van der Waals surface area contributed by atoms with Crippen LogP contribution in [0.15, 0.2) is 34.9 Å². The second-order valence-electron chi connectivity index (χ2n) is 3.78. The summed E-state index contributed by atoms with van der Waals surface area (Å²) in [5.41, 5.74) is 1.79. The van der Waals surface area contributed by atoms with Gasteiger partial charge in [-0.1, -0.05) is 0 Å². The SMILES string of the molecule is Cc1cc(F)cc(C(=O)c2occc2C)c1. The molecule has 0 N–H and O–H groups in total. The van der Waals surface area contributed by atoms with E-state index in [9.17, 15) is 9.18 Å². The summed E-state index contributed by atoms with van der Waals surface area (Å²) in [5, 5.41) is 0. The van der Waals surface area contributed by atoms with Crippen molar-refractivity contribution in [1.29, 1.82) is 0 Å². The van der Waals surface area contributed by atoms with Crippen LogP contribution >= 0.6 is 0 Å². The van der Waals surface area contributed by atoms with Gasteiger partial charge in [-0.25, -0.2) is 4.39 Å². The van der Waals surface area contributed by atoms with E-state index in [1.165, 1.54) is 18.4 Å². The van der Waals surface area contributed by atoms with Crippen LogP contribution in [0, 0.1) is 19.7 Å². The topological polar surface area (TPSA) is 30.2 Å². The fraction of sp³-hybridized carbons (Fsp3) is 0.154. The van der Waals surface area contributed by atoms with E-state index in [4.69, 9.17) is 4.42 Å². The van der Waals surface area contributed by atoms with Crippen molar-refractivity contribution in [3.8, 4) is 0 Å². The maximum absolute atomic E-state index is 13.1. The smallest absolute Gasteiger partial charge is 0.228 e. The quantitative estimate of drug-likeness (QED) is 0.724. The highest BCUT2D eigenvalue weighted by Crippen LogP contribution is 2.17. The Kier molecular flexibility index (Phi) is 2.60. The first kappa shape index (κ1) is 10.6. The summed E-state index contributed by atoms with van der Waals surface area (Å²) in [7, 11) is 0. The lowest BCUT2D eigenvalue weighted by Crippen LogP contribution is -2.02. The molecule has 0 saturated heterocycles. The summed E-state index contributed by atoms with van der Waals surface area (Å²) in [6.45, 7) is 3.53. The molecule has 1 heterocycles. The molecule has 82 valence electrons. The van der Waals surface area contributed by atoms with Gasteiger partial charge >= 0.3 is 0 Å². The molecule has 0 fully saturated rings. The fourth-order valence-corrected chi connectivity index (χ4v) is 1.60. The average molecular weight is 218 g/mol. The Morgan fingerprint density at radius 2 is 2.00 bits per heavy atom. The molecule has 2 aromatic rings. The molecule has 0 aliphatic carbocycles. The molecule has 0 spiro atoms. The van der Waals surface area contributed by atoms with Crippen LogP contribution in [0.1, 0.15) is 27.2 Å². The molecule has 0 amide bonds. The van der Waals surface area contributed by atoms with Crippen LogP contribution in [0.4, 0.5) is 4.39 Å². The zero-order chi connectivity index (χ0) is 11.7. The number of furan rings is 1. The number of hydrogen-bond acceptors (Lipinski definition) is 2. The maximum Gasteiger partial charge on any atom is 0.228 e. The second-order valence-corrected chi connectivity index (χ2v) is 3.78. The first-order chi connectivity index (χ1) is 7.58. The summed E-state index contributed by atoms with van der Waals surface area (Å²) in [5.74, 6) is -0.428. The zero-order valence-corrected chi connectivity index (χ0v) is 9.08. The van der Waals surface area contributed by atoms with E-state index in [0.717, 1.165) is 5.56 Å². The Bertz CT molecular complexity index is 520. The second kappa shape index (κ2) is 3.93. The van der Waals surface area contributed by atoms with Crippen molar-refractivity contribution >= 4 is 5.78 Å². The lowest BCUT2D eigenvalue weighted by Gasteiger charge is -2.01. The van der Waals surface area contributed by atoms with E-state index in [-0.39, 0.29) is 11.5 Å². The largest absolute Gasteiger partial charge is 0.461 e. The number of carbonyl (C=O) groups is 1. The van der Waals surface area contributed by atoms with Crippen molar-refractivity contribution in [1.82, 2.24) is 0 Å². The average Bonchev–Trinajstić information content (AvgIpc) is 2.62. The Balaban J connectivity index is 2.45. The van der Waals surface area contributed by atoms with Crippen LogP contribution in [0.25, 0.3) is 0 Å². The molecule has 0 aliphatic rings. The van der Waals surface area contributed by atoms with Gasteiger partial charge in [0.2, 0.25) is 5.78 Å². The van der Waals surface area contributed by atoms with E-state index < -0.39 is 5.82 Å². The van der Waals surface area contributed by atoms with Crippen LogP contribution < -0.4 is 0 Å². The Hall–Kier alpha value is -1.90. The summed E-state index contributed by atoms with van der Waals surface area (Å²) in [4.78, 5) is 12.0. The molecular formula is C13H11FO2. The number of hydrogen-bond donors (Lipinski definition) is 0. The van der Waals surface area contributed by atoms with Gasteiger partial charge in [0.1, 0.15) is 5.82 Å². The van der Waals surface area contributed by atoms with Crippen LogP contribution in [-0.2, 0) is 0 Å². The number of rotatable bonds is 2. The highest BCUT2D eigenvalue weighted by Gasteiger charge is 2.15. The summed E-state index contributed by atoms with van der Waals surface area (Å²) in [6.07, 6.45) is 1.45.